The van der Waals surface area contributed by atoms with E-state index in [0.717, 1.165) is 18.2 Å². The zero-order valence-corrected chi connectivity index (χ0v) is 28.0. The van der Waals surface area contributed by atoms with Crippen LogP contribution in [0.15, 0.2) is 66.7 Å². The molecule has 2 atom stereocenters. The molecule has 1 aliphatic heterocycles. The summed E-state index contributed by atoms with van der Waals surface area (Å²) < 4.78 is 38.1. The average Bonchev–Trinajstić information content (AvgIpc) is 3.02. The van der Waals surface area contributed by atoms with E-state index in [1.165, 1.54) is 4.31 Å². The number of hydrogen-bond acceptors (Lipinski definition) is 6. The molecule has 1 N–H and O–H groups in total. The molecule has 0 spiro atoms. The van der Waals surface area contributed by atoms with Crippen LogP contribution in [-0.2, 0) is 32.6 Å². The van der Waals surface area contributed by atoms with Crippen LogP contribution >= 0.6 is 23.2 Å². The van der Waals surface area contributed by atoms with E-state index >= 15 is 0 Å². The van der Waals surface area contributed by atoms with Crippen molar-refractivity contribution in [2.45, 2.75) is 58.2 Å². The van der Waals surface area contributed by atoms with Crippen molar-refractivity contribution in [2.75, 3.05) is 30.3 Å². The van der Waals surface area contributed by atoms with Gasteiger partial charge in [0.2, 0.25) is 21.8 Å². The number of fused-ring (bicyclic) bond motifs is 1. The fourth-order valence-electron chi connectivity index (χ4n) is 5.02. The maximum absolute atomic E-state index is 14.0. The highest BCUT2D eigenvalue weighted by atomic mass is 35.5. The maximum Gasteiger partial charge on any atom is 0.243 e. The molecule has 3 aromatic rings. The smallest absolute Gasteiger partial charge is 0.243 e. The Morgan fingerprint density at radius 1 is 0.933 bits per heavy atom. The van der Waals surface area contributed by atoms with Gasteiger partial charge in [-0.1, -0.05) is 66.5 Å². The van der Waals surface area contributed by atoms with Crippen LogP contribution in [0.25, 0.3) is 0 Å². The predicted octanol–water partition coefficient (Wildman–Crippen LogP) is 5.87. The molecule has 0 saturated carbocycles. The van der Waals surface area contributed by atoms with Gasteiger partial charge in [0, 0.05) is 38.0 Å². The third-order valence-corrected chi connectivity index (χ3v) is 9.51. The Labute approximate surface area is 275 Å². The van der Waals surface area contributed by atoms with Gasteiger partial charge in [-0.25, -0.2) is 8.42 Å². The molecule has 2 amide bonds. The second-order valence-electron chi connectivity index (χ2n) is 11.1. The molecule has 0 aromatic heterocycles. The molecule has 3 aromatic carbocycles. The Bertz CT molecular complexity index is 1590. The van der Waals surface area contributed by atoms with Gasteiger partial charge >= 0.3 is 0 Å². The van der Waals surface area contributed by atoms with E-state index in [4.69, 9.17) is 32.7 Å². The fraction of sp³-hybridized carbons (Fsp3) is 0.394. The number of carbonyl (C=O) groups is 2. The van der Waals surface area contributed by atoms with Crippen molar-refractivity contribution >= 4 is 50.7 Å². The van der Waals surface area contributed by atoms with Crippen molar-refractivity contribution in [3.8, 4) is 11.5 Å². The number of ether oxygens (including phenoxy) is 2. The number of benzene rings is 3. The van der Waals surface area contributed by atoms with Gasteiger partial charge in [-0.05, 0) is 55.2 Å². The average molecular weight is 677 g/mol. The van der Waals surface area contributed by atoms with Gasteiger partial charge in [0.15, 0.2) is 11.5 Å². The molecule has 12 heteroatoms. The largest absolute Gasteiger partial charge is 0.486 e. The molecule has 0 bridgehead atoms. The summed E-state index contributed by atoms with van der Waals surface area (Å²) in [6.07, 6.45) is 2.36. The molecular formula is C33H39Cl2N3O6S. The van der Waals surface area contributed by atoms with Gasteiger partial charge in [0.05, 0.1) is 22.0 Å². The van der Waals surface area contributed by atoms with Crippen LogP contribution in [0.1, 0.15) is 44.2 Å². The van der Waals surface area contributed by atoms with Crippen LogP contribution in [0.2, 0.25) is 10.0 Å². The third-order valence-electron chi connectivity index (χ3n) is 7.57. The van der Waals surface area contributed by atoms with Crippen LogP contribution in [0.4, 0.5) is 5.69 Å². The fourth-order valence-corrected chi connectivity index (χ4v) is 6.30. The summed E-state index contributed by atoms with van der Waals surface area (Å²) in [5, 5.41) is 3.77. The summed E-state index contributed by atoms with van der Waals surface area (Å²) in [6.45, 7) is 4.84. The molecular weight excluding hydrogens is 637 g/mol. The van der Waals surface area contributed by atoms with Crippen molar-refractivity contribution < 1.29 is 27.5 Å². The summed E-state index contributed by atoms with van der Waals surface area (Å²) in [5.41, 5.74) is 2.02. The van der Waals surface area contributed by atoms with Crippen LogP contribution < -0.4 is 19.1 Å². The third kappa shape index (κ3) is 9.51. The highest BCUT2D eigenvalue weighted by Gasteiger charge is 2.31. The molecule has 0 radical (unpaired) electrons. The first-order chi connectivity index (χ1) is 21.5. The quantitative estimate of drug-likeness (QED) is 0.229. The summed E-state index contributed by atoms with van der Waals surface area (Å²) in [6, 6.07) is 18.7. The lowest BCUT2D eigenvalue weighted by molar-refractivity contribution is -0.141. The number of amides is 2. The number of carbonyl (C=O) groups excluding carboxylic acids is 2. The Balaban J connectivity index is 1.60. The minimum atomic E-state index is -3.69. The van der Waals surface area contributed by atoms with Crippen LogP contribution in [0, 0.1) is 0 Å². The first kappa shape index (κ1) is 34.4. The van der Waals surface area contributed by atoms with Crippen molar-refractivity contribution in [3.05, 3.63) is 87.9 Å². The molecule has 2 unspecified atom stereocenters. The molecule has 1 aliphatic rings. The topological polar surface area (TPSA) is 105 Å². The molecule has 45 heavy (non-hydrogen) atoms. The standard InChI is InChI=1S/C33H39Cl2N3O6S/c1-4-23(2)36-33(40)29(20-24-9-6-5-7-10-24)37(22-25-12-14-27(34)28(35)19-25)32(39)11-8-16-38(45(3,41)42)26-13-15-30-31(21-26)44-18-17-43-30/h5-7,9-10,12-15,19,21,23,29H,4,8,11,16-18,20,22H2,1-3H3,(H,36,40). The zero-order valence-electron chi connectivity index (χ0n) is 25.7. The first-order valence-electron chi connectivity index (χ1n) is 14.9. The van der Waals surface area contributed by atoms with Crippen molar-refractivity contribution in [3.63, 3.8) is 0 Å². The van der Waals surface area contributed by atoms with E-state index in [0.29, 0.717) is 52.4 Å². The molecule has 0 saturated heterocycles. The summed E-state index contributed by atoms with van der Waals surface area (Å²) >= 11 is 12.5. The van der Waals surface area contributed by atoms with Crippen molar-refractivity contribution in [1.29, 1.82) is 0 Å². The lowest BCUT2D eigenvalue weighted by Crippen LogP contribution is -2.52. The van der Waals surface area contributed by atoms with E-state index in [1.807, 2.05) is 44.2 Å². The van der Waals surface area contributed by atoms with E-state index in [1.54, 1.807) is 41.3 Å². The van der Waals surface area contributed by atoms with E-state index < -0.39 is 16.1 Å². The number of nitrogens with one attached hydrogen (secondary N) is 1. The maximum atomic E-state index is 14.0. The highest BCUT2D eigenvalue weighted by Crippen LogP contribution is 2.35. The molecule has 9 nitrogen and oxygen atoms in total. The SMILES string of the molecule is CCC(C)NC(=O)C(Cc1ccccc1)N(Cc1ccc(Cl)c(Cl)c1)C(=O)CCCN(c1ccc2c(c1)OCCO2)S(C)(=O)=O. The van der Waals surface area contributed by atoms with Gasteiger partial charge in [-0.2, -0.15) is 0 Å². The zero-order chi connectivity index (χ0) is 32.6. The summed E-state index contributed by atoms with van der Waals surface area (Å²) in [7, 11) is -3.69. The highest BCUT2D eigenvalue weighted by molar-refractivity contribution is 7.92. The minimum Gasteiger partial charge on any atom is -0.486 e. The number of halogens is 2. The van der Waals surface area contributed by atoms with E-state index in [-0.39, 0.29) is 43.8 Å². The second-order valence-corrected chi connectivity index (χ2v) is 13.8. The molecule has 1 heterocycles. The predicted molar refractivity (Wildman–Crippen MR) is 178 cm³/mol. The number of sulfonamides is 1. The molecule has 242 valence electrons. The van der Waals surface area contributed by atoms with Gasteiger partial charge < -0.3 is 19.7 Å². The molecule has 0 aliphatic carbocycles. The second kappa shape index (κ2) is 15.7. The number of rotatable bonds is 14. The Morgan fingerprint density at radius 2 is 1.64 bits per heavy atom. The van der Waals surface area contributed by atoms with Gasteiger partial charge in [-0.15, -0.1) is 0 Å². The van der Waals surface area contributed by atoms with Crippen molar-refractivity contribution in [1.82, 2.24) is 10.2 Å². The Kier molecular flexibility index (Phi) is 12.0. The van der Waals surface area contributed by atoms with Gasteiger partial charge in [-0.3, -0.25) is 13.9 Å². The van der Waals surface area contributed by atoms with E-state index in [9.17, 15) is 18.0 Å². The molecule has 0 fully saturated rings. The van der Waals surface area contributed by atoms with Crippen molar-refractivity contribution in [2.24, 2.45) is 0 Å². The summed E-state index contributed by atoms with van der Waals surface area (Å²) in [5.74, 6) is 0.451. The number of anilines is 1. The van der Waals surface area contributed by atoms with Crippen LogP contribution in [0.3, 0.4) is 0 Å². The normalized spacial score (nSPS) is 13.9. The number of nitrogens with zero attached hydrogens (tertiary/aromatic N) is 2. The Morgan fingerprint density at radius 3 is 2.31 bits per heavy atom. The van der Waals surface area contributed by atoms with Crippen LogP contribution in [0.5, 0.6) is 11.5 Å². The molecule has 4 rings (SSSR count). The number of hydrogen-bond donors (Lipinski definition) is 1. The van der Waals surface area contributed by atoms with Crippen LogP contribution in [-0.4, -0.2) is 63.2 Å². The monoisotopic (exact) mass is 675 g/mol. The van der Waals surface area contributed by atoms with Gasteiger partial charge in [0.1, 0.15) is 19.3 Å². The van der Waals surface area contributed by atoms with E-state index in [2.05, 4.69) is 5.32 Å². The lowest BCUT2D eigenvalue weighted by Gasteiger charge is -2.33. The Hall–Kier alpha value is -3.47. The van der Waals surface area contributed by atoms with Gasteiger partial charge in [0.25, 0.3) is 0 Å². The lowest BCUT2D eigenvalue weighted by atomic mass is 10.0. The first-order valence-corrected chi connectivity index (χ1v) is 17.5. The summed E-state index contributed by atoms with van der Waals surface area (Å²) in [4.78, 5) is 29.3. The minimum absolute atomic E-state index is 0.000204.